The lowest BCUT2D eigenvalue weighted by Gasteiger charge is -2.29. The van der Waals surface area contributed by atoms with Crippen molar-refractivity contribution in [3.63, 3.8) is 0 Å². The first-order chi connectivity index (χ1) is 11.5. The molecule has 0 unspecified atom stereocenters. The van der Waals surface area contributed by atoms with Crippen molar-refractivity contribution in [3.05, 3.63) is 68.9 Å². The average molecular weight is 359 g/mol. The standard InChI is InChI=1S/C19H19ClN2OS/c1-4-5-10-24-19-16(11-21)18(14-6-8-15(20)9-7-14)17(13(3)23)12(2)22-19/h4-9,18,22H,10H2,1-3H3/b5-4+/t18-/m0/s1. The highest BCUT2D eigenvalue weighted by Gasteiger charge is 2.32. The number of nitrogens with one attached hydrogen (secondary N) is 1. The van der Waals surface area contributed by atoms with E-state index in [1.54, 1.807) is 23.9 Å². The fraction of sp³-hybridized carbons (Fsp3) is 0.263. The minimum absolute atomic E-state index is 0.0368. The Labute approximate surface area is 152 Å². The number of Topliss-reactive ketones (excluding diaryl/α,β-unsaturated/α-hetero) is 1. The predicted molar refractivity (Wildman–Crippen MR) is 101 cm³/mol. The maximum atomic E-state index is 12.2. The van der Waals surface area contributed by atoms with E-state index in [-0.39, 0.29) is 11.7 Å². The molecule has 1 atom stereocenters. The lowest BCUT2D eigenvalue weighted by Crippen LogP contribution is -2.27. The molecule has 3 nitrogen and oxygen atoms in total. The van der Waals surface area contributed by atoms with Crippen molar-refractivity contribution < 1.29 is 4.79 Å². The summed E-state index contributed by atoms with van der Waals surface area (Å²) in [6.45, 7) is 5.38. The number of nitrogens with zero attached hydrogens (tertiary/aromatic N) is 1. The van der Waals surface area contributed by atoms with E-state index in [4.69, 9.17) is 11.6 Å². The third-order valence-corrected chi connectivity index (χ3v) is 5.01. The lowest BCUT2D eigenvalue weighted by molar-refractivity contribution is -0.113. The number of carbonyl (C=O) groups excluding carboxylic acids is 1. The summed E-state index contributed by atoms with van der Waals surface area (Å²) in [4.78, 5) is 12.2. The van der Waals surface area contributed by atoms with Gasteiger partial charge < -0.3 is 5.32 Å². The van der Waals surface area contributed by atoms with Gasteiger partial charge in [-0.15, -0.1) is 11.8 Å². The third-order valence-electron chi connectivity index (χ3n) is 3.79. The second kappa shape index (κ2) is 8.23. The zero-order chi connectivity index (χ0) is 17.7. The molecule has 0 aromatic heterocycles. The zero-order valence-electron chi connectivity index (χ0n) is 13.9. The quantitative estimate of drug-likeness (QED) is 0.758. The molecular weight excluding hydrogens is 340 g/mol. The number of ketones is 1. The highest BCUT2D eigenvalue weighted by Crippen LogP contribution is 2.40. The van der Waals surface area contributed by atoms with Gasteiger partial charge in [0, 0.05) is 22.0 Å². The summed E-state index contributed by atoms with van der Waals surface area (Å²) in [6, 6.07) is 9.62. The minimum Gasteiger partial charge on any atom is -0.353 e. The third kappa shape index (κ3) is 3.92. The summed E-state index contributed by atoms with van der Waals surface area (Å²) >= 11 is 7.54. The van der Waals surface area contributed by atoms with E-state index in [1.165, 1.54) is 6.92 Å². The van der Waals surface area contributed by atoms with Crippen LogP contribution in [-0.4, -0.2) is 11.5 Å². The van der Waals surface area contributed by atoms with E-state index in [9.17, 15) is 10.1 Å². The number of carbonyl (C=O) groups is 1. The van der Waals surface area contributed by atoms with E-state index in [0.29, 0.717) is 16.2 Å². The van der Waals surface area contributed by atoms with Crippen molar-refractivity contribution in [3.8, 4) is 6.07 Å². The van der Waals surface area contributed by atoms with Gasteiger partial charge in [0.25, 0.3) is 0 Å². The first kappa shape index (κ1) is 18.4. The highest BCUT2D eigenvalue weighted by atomic mass is 35.5. The van der Waals surface area contributed by atoms with E-state index < -0.39 is 0 Å². The van der Waals surface area contributed by atoms with Crippen LogP contribution in [0.3, 0.4) is 0 Å². The second-order valence-corrected chi connectivity index (χ2v) is 6.91. The Kier molecular flexibility index (Phi) is 6.30. The number of thioether (sulfide) groups is 1. The van der Waals surface area contributed by atoms with Gasteiger partial charge in [-0.2, -0.15) is 5.26 Å². The van der Waals surface area contributed by atoms with Gasteiger partial charge in [-0.1, -0.05) is 35.9 Å². The van der Waals surface area contributed by atoms with Crippen LogP contribution >= 0.6 is 23.4 Å². The maximum Gasteiger partial charge on any atom is 0.158 e. The largest absolute Gasteiger partial charge is 0.353 e. The van der Waals surface area contributed by atoms with Crippen LogP contribution in [0.5, 0.6) is 0 Å². The normalized spacial score (nSPS) is 17.9. The first-order valence-corrected chi connectivity index (χ1v) is 8.98. The Morgan fingerprint density at radius 3 is 2.62 bits per heavy atom. The molecule has 1 aliphatic rings. The van der Waals surface area contributed by atoms with Crippen LogP contribution in [0.4, 0.5) is 0 Å². The number of dihydropyridines is 1. The number of nitriles is 1. The van der Waals surface area contributed by atoms with Gasteiger partial charge in [0.1, 0.15) is 0 Å². The topological polar surface area (TPSA) is 52.9 Å². The smallest absolute Gasteiger partial charge is 0.158 e. The Balaban J connectivity index is 2.55. The maximum absolute atomic E-state index is 12.2. The van der Waals surface area contributed by atoms with E-state index in [0.717, 1.165) is 22.0 Å². The Bertz CT molecular complexity index is 770. The van der Waals surface area contributed by atoms with Crippen LogP contribution in [0.2, 0.25) is 5.02 Å². The van der Waals surface area contributed by atoms with Crippen LogP contribution in [0.25, 0.3) is 0 Å². The number of hydrogen-bond donors (Lipinski definition) is 1. The molecule has 1 aromatic rings. The second-order valence-electron chi connectivity index (χ2n) is 5.44. The molecule has 1 N–H and O–H groups in total. The summed E-state index contributed by atoms with van der Waals surface area (Å²) < 4.78 is 0. The zero-order valence-corrected chi connectivity index (χ0v) is 15.5. The number of rotatable bonds is 5. The molecule has 1 aliphatic heterocycles. The van der Waals surface area contributed by atoms with Crippen molar-refractivity contribution in [1.82, 2.24) is 5.32 Å². The monoisotopic (exact) mass is 358 g/mol. The highest BCUT2D eigenvalue weighted by molar-refractivity contribution is 8.03. The minimum atomic E-state index is -0.362. The fourth-order valence-electron chi connectivity index (χ4n) is 2.71. The van der Waals surface area contributed by atoms with Gasteiger partial charge in [0.2, 0.25) is 0 Å². The van der Waals surface area contributed by atoms with E-state index >= 15 is 0 Å². The van der Waals surface area contributed by atoms with Gasteiger partial charge >= 0.3 is 0 Å². The van der Waals surface area contributed by atoms with Crippen LogP contribution in [0.1, 0.15) is 32.3 Å². The molecule has 0 amide bonds. The molecule has 5 heteroatoms. The van der Waals surface area contributed by atoms with Gasteiger partial charge in [-0.3, -0.25) is 4.79 Å². The average Bonchev–Trinajstić information content (AvgIpc) is 2.55. The molecule has 0 aliphatic carbocycles. The van der Waals surface area contributed by atoms with Gasteiger partial charge in [0.05, 0.1) is 22.6 Å². The molecule has 0 saturated carbocycles. The molecule has 0 spiro atoms. The SMILES string of the molecule is C/C=C/CSC1=C(C#N)[C@H](c2ccc(Cl)cc2)C(C(C)=O)=C(C)N1. The Hall–Kier alpha value is -1.96. The van der Waals surface area contributed by atoms with Crippen molar-refractivity contribution >= 4 is 29.1 Å². The van der Waals surface area contributed by atoms with Gasteiger partial charge in [-0.05, 0) is 38.5 Å². The summed E-state index contributed by atoms with van der Waals surface area (Å²) in [5.41, 5.74) is 2.89. The fourth-order valence-corrected chi connectivity index (χ4v) is 3.84. The molecule has 0 saturated heterocycles. The number of hydrogen-bond acceptors (Lipinski definition) is 4. The van der Waals surface area contributed by atoms with Crippen molar-refractivity contribution in [2.24, 2.45) is 0 Å². The van der Waals surface area contributed by atoms with Crippen LogP contribution in [-0.2, 0) is 4.79 Å². The number of halogens is 1. The van der Waals surface area contributed by atoms with Gasteiger partial charge in [-0.25, -0.2) is 0 Å². The molecule has 0 bridgehead atoms. The Morgan fingerprint density at radius 2 is 2.08 bits per heavy atom. The van der Waals surface area contributed by atoms with Crippen LogP contribution in [0.15, 0.2) is 58.3 Å². The number of benzene rings is 1. The van der Waals surface area contributed by atoms with Crippen molar-refractivity contribution in [2.75, 3.05) is 5.75 Å². The van der Waals surface area contributed by atoms with Crippen molar-refractivity contribution in [2.45, 2.75) is 26.7 Å². The van der Waals surface area contributed by atoms with Crippen LogP contribution < -0.4 is 5.32 Å². The van der Waals surface area contributed by atoms with Gasteiger partial charge in [0.15, 0.2) is 5.78 Å². The molecule has 24 heavy (non-hydrogen) atoms. The van der Waals surface area contributed by atoms with E-state index in [1.807, 2.05) is 38.1 Å². The molecule has 0 radical (unpaired) electrons. The van der Waals surface area contributed by atoms with Crippen molar-refractivity contribution in [1.29, 1.82) is 5.26 Å². The first-order valence-electron chi connectivity index (χ1n) is 7.62. The molecule has 0 fully saturated rings. The van der Waals surface area contributed by atoms with Crippen LogP contribution in [0, 0.1) is 11.3 Å². The molecular formula is C19H19ClN2OS. The molecule has 1 aromatic carbocycles. The molecule has 2 rings (SSSR count). The Morgan fingerprint density at radius 1 is 1.42 bits per heavy atom. The lowest BCUT2D eigenvalue weighted by atomic mass is 9.81. The number of allylic oxidation sites excluding steroid dienone is 4. The molecule has 124 valence electrons. The summed E-state index contributed by atoms with van der Waals surface area (Å²) in [5, 5.41) is 14.4. The predicted octanol–water partition coefficient (Wildman–Crippen LogP) is 4.93. The summed E-state index contributed by atoms with van der Waals surface area (Å²) in [5.74, 6) is 0.365. The summed E-state index contributed by atoms with van der Waals surface area (Å²) in [7, 11) is 0. The summed E-state index contributed by atoms with van der Waals surface area (Å²) in [6.07, 6.45) is 4.01. The van der Waals surface area contributed by atoms with E-state index in [2.05, 4.69) is 11.4 Å². The molecule has 1 heterocycles.